The van der Waals surface area contributed by atoms with Crippen LogP contribution in [0, 0.1) is 13.8 Å². The molecule has 1 aromatic rings. The predicted octanol–water partition coefficient (Wildman–Crippen LogP) is 3.81. The molecule has 0 saturated carbocycles. The maximum Gasteiger partial charge on any atom is 0.122 e. The summed E-state index contributed by atoms with van der Waals surface area (Å²) < 4.78 is 11.7. The Hall–Kier alpha value is -1.02. The number of benzene rings is 1. The predicted molar refractivity (Wildman–Crippen MR) is 74.4 cm³/mol. The van der Waals surface area contributed by atoms with Gasteiger partial charge in [0.1, 0.15) is 18.0 Å². The number of ether oxygens (including phenoxy) is 2. The van der Waals surface area contributed by atoms with Gasteiger partial charge in [0.25, 0.3) is 0 Å². The summed E-state index contributed by atoms with van der Waals surface area (Å²) in [7, 11) is 0. The summed E-state index contributed by atoms with van der Waals surface area (Å²) in [5.41, 5.74) is 4.00. The summed E-state index contributed by atoms with van der Waals surface area (Å²) in [5, 5.41) is 0. The van der Waals surface area contributed by atoms with Gasteiger partial charge in [-0.3, -0.25) is 0 Å². The second-order valence-electron chi connectivity index (χ2n) is 5.26. The van der Waals surface area contributed by atoms with Crippen molar-refractivity contribution in [2.45, 2.75) is 52.6 Å². The molecule has 1 unspecified atom stereocenters. The van der Waals surface area contributed by atoms with Crippen LogP contribution >= 0.6 is 0 Å². The highest BCUT2D eigenvalue weighted by Crippen LogP contribution is 2.32. The van der Waals surface area contributed by atoms with E-state index in [0.717, 1.165) is 31.6 Å². The summed E-state index contributed by atoms with van der Waals surface area (Å²) in [5.74, 6) is 1.03. The quantitative estimate of drug-likeness (QED) is 0.788. The van der Waals surface area contributed by atoms with E-state index in [1.165, 1.54) is 16.7 Å². The van der Waals surface area contributed by atoms with Crippen LogP contribution in [0.1, 0.15) is 43.4 Å². The zero-order chi connectivity index (χ0) is 13.2. The molecule has 1 atom stereocenters. The summed E-state index contributed by atoms with van der Waals surface area (Å²) in [4.78, 5) is 0. The van der Waals surface area contributed by atoms with Crippen molar-refractivity contribution in [3.63, 3.8) is 0 Å². The Labute approximate surface area is 110 Å². The Bertz CT molecular complexity index is 414. The Kier molecular flexibility index (Phi) is 3.96. The second-order valence-corrected chi connectivity index (χ2v) is 5.26. The monoisotopic (exact) mass is 248 g/mol. The summed E-state index contributed by atoms with van der Waals surface area (Å²) in [6.45, 7) is 10.2. The molecule has 0 N–H and O–H groups in total. The second kappa shape index (κ2) is 5.31. The zero-order valence-electron chi connectivity index (χ0n) is 12.0. The molecule has 2 nitrogen and oxygen atoms in total. The maximum atomic E-state index is 6.04. The van der Waals surface area contributed by atoms with Crippen LogP contribution in [0.5, 0.6) is 5.75 Å². The van der Waals surface area contributed by atoms with Crippen molar-refractivity contribution in [1.82, 2.24) is 0 Å². The third-order valence-corrected chi connectivity index (χ3v) is 4.28. The van der Waals surface area contributed by atoms with Gasteiger partial charge in [-0.25, -0.2) is 0 Å². The smallest absolute Gasteiger partial charge is 0.122 e. The Morgan fingerprint density at radius 1 is 1.28 bits per heavy atom. The lowest BCUT2D eigenvalue weighted by molar-refractivity contribution is -0.166. The molecule has 1 fully saturated rings. The van der Waals surface area contributed by atoms with Crippen LogP contribution in [-0.2, 0) is 11.2 Å². The fourth-order valence-electron chi connectivity index (χ4n) is 2.52. The molecular weight excluding hydrogens is 224 g/mol. The lowest BCUT2D eigenvalue weighted by Gasteiger charge is -2.41. The molecule has 100 valence electrons. The van der Waals surface area contributed by atoms with Crippen molar-refractivity contribution in [1.29, 1.82) is 0 Å². The van der Waals surface area contributed by atoms with Crippen LogP contribution in [0.2, 0.25) is 0 Å². The standard InChI is InChI=1S/C16H24O2/c1-5-14-13(4)12(3)7-8-15(14)17-11-16(6-2)9-10-18-16/h7-8H,5-6,9-11H2,1-4H3. The first-order valence-corrected chi connectivity index (χ1v) is 6.97. The molecule has 0 aromatic heterocycles. The van der Waals surface area contributed by atoms with Crippen LogP contribution in [0.4, 0.5) is 0 Å². The van der Waals surface area contributed by atoms with E-state index in [4.69, 9.17) is 9.47 Å². The third-order valence-electron chi connectivity index (χ3n) is 4.28. The van der Waals surface area contributed by atoms with Gasteiger partial charge in [-0.1, -0.05) is 19.9 Å². The minimum atomic E-state index is -0.0240. The number of aryl methyl sites for hydroxylation is 1. The van der Waals surface area contributed by atoms with Crippen molar-refractivity contribution in [3.8, 4) is 5.75 Å². The molecule has 2 heteroatoms. The fraction of sp³-hybridized carbons (Fsp3) is 0.625. The molecule has 1 saturated heterocycles. The van der Waals surface area contributed by atoms with E-state index < -0.39 is 0 Å². The van der Waals surface area contributed by atoms with Crippen molar-refractivity contribution in [2.75, 3.05) is 13.2 Å². The van der Waals surface area contributed by atoms with Crippen LogP contribution in [0.25, 0.3) is 0 Å². The first kappa shape index (κ1) is 13.4. The lowest BCUT2D eigenvalue weighted by atomic mass is 9.93. The van der Waals surface area contributed by atoms with Gasteiger partial charge in [0.2, 0.25) is 0 Å². The number of hydrogen-bond donors (Lipinski definition) is 0. The molecule has 1 aliphatic rings. The molecule has 0 spiro atoms. The Balaban J connectivity index is 2.12. The molecule has 18 heavy (non-hydrogen) atoms. The zero-order valence-corrected chi connectivity index (χ0v) is 12.0. The first-order valence-electron chi connectivity index (χ1n) is 6.97. The van der Waals surface area contributed by atoms with Gasteiger partial charge in [-0.15, -0.1) is 0 Å². The highest BCUT2D eigenvalue weighted by Gasteiger charge is 2.37. The molecule has 2 rings (SSSR count). The summed E-state index contributed by atoms with van der Waals surface area (Å²) in [6, 6.07) is 4.24. The van der Waals surface area contributed by atoms with E-state index in [-0.39, 0.29) is 5.60 Å². The van der Waals surface area contributed by atoms with Crippen LogP contribution in [0.15, 0.2) is 12.1 Å². The van der Waals surface area contributed by atoms with Gasteiger partial charge in [-0.2, -0.15) is 0 Å². The van der Waals surface area contributed by atoms with E-state index in [0.29, 0.717) is 6.61 Å². The van der Waals surface area contributed by atoms with Crippen LogP contribution < -0.4 is 4.74 Å². The number of rotatable bonds is 5. The van der Waals surface area contributed by atoms with Crippen molar-refractivity contribution in [3.05, 3.63) is 28.8 Å². The molecule has 0 amide bonds. The molecular formula is C16H24O2. The average molecular weight is 248 g/mol. The third kappa shape index (κ3) is 2.39. The van der Waals surface area contributed by atoms with E-state index in [1.54, 1.807) is 0 Å². The van der Waals surface area contributed by atoms with E-state index in [9.17, 15) is 0 Å². The van der Waals surface area contributed by atoms with Gasteiger partial charge in [0.15, 0.2) is 0 Å². The molecule has 0 radical (unpaired) electrons. The van der Waals surface area contributed by atoms with Gasteiger partial charge in [0, 0.05) is 6.42 Å². The minimum absolute atomic E-state index is 0.0240. The minimum Gasteiger partial charge on any atom is -0.490 e. The largest absolute Gasteiger partial charge is 0.490 e. The van der Waals surface area contributed by atoms with Crippen molar-refractivity contribution < 1.29 is 9.47 Å². The highest BCUT2D eigenvalue weighted by atomic mass is 16.6. The molecule has 0 aliphatic carbocycles. The Morgan fingerprint density at radius 3 is 2.50 bits per heavy atom. The normalized spacial score (nSPS) is 22.7. The SMILES string of the molecule is CCc1c(OCC2(CC)CCO2)ccc(C)c1C. The van der Waals surface area contributed by atoms with Gasteiger partial charge in [0.05, 0.1) is 6.61 Å². The van der Waals surface area contributed by atoms with Gasteiger partial charge < -0.3 is 9.47 Å². The molecule has 1 aliphatic heterocycles. The first-order chi connectivity index (χ1) is 8.62. The molecule has 1 heterocycles. The van der Waals surface area contributed by atoms with E-state index >= 15 is 0 Å². The maximum absolute atomic E-state index is 6.04. The highest BCUT2D eigenvalue weighted by molar-refractivity contribution is 5.44. The molecule has 1 aromatic carbocycles. The summed E-state index contributed by atoms with van der Waals surface area (Å²) in [6.07, 6.45) is 3.16. The van der Waals surface area contributed by atoms with E-state index in [1.807, 2.05) is 0 Å². The average Bonchev–Trinajstić information content (AvgIpc) is 2.33. The van der Waals surface area contributed by atoms with Crippen molar-refractivity contribution in [2.24, 2.45) is 0 Å². The number of hydrogen-bond acceptors (Lipinski definition) is 2. The fourth-order valence-corrected chi connectivity index (χ4v) is 2.52. The van der Waals surface area contributed by atoms with Gasteiger partial charge >= 0.3 is 0 Å². The van der Waals surface area contributed by atoms with Crippen LogP contribution in [0.3, 0.4) is 0 Å². The Morgan fingerprint density at radius 2 is 2.00 bits per heavy atom. The summed E-state index contributed by atoms with van der Waals surface area (Å²) >= 11 is 0. The topological polar surface area (TPSA) is 18.5 Å². The lowest BCUT2D eigenvalue weighted by Crippen LogP contribution is -2.48. The van der Waals surface area contributed by atoms with Gasteiger partial charge in [-0.05, 0) is 49.4 Å². The molecule has 0 bridgehead atoms. The van der Waals surface area contributed by atoms with Crippen molar-refractivity contribution >= 4 is 0 Å². The van der Waals surface area contributed by atoms with E-state index in [2.05, 4.69) is 39.8 Å². The van der Waals surface area contributed by atoms with Crippen LogP contribution in [-0.4, -0.2) is 18.8 Å².